The van der Waals surface area contributed by atoms with E-state index in [0.717, 1.165) is 12.8 Å². The number of para-hydroxylation sites is 1. The van der Waals surface area contributed by atoms with Crippen molar-refractivity contribution < 1.29 is 14.3 Å². The number of carbonyl (C=O) groups is 2. The van der Waals surface area contributed by atoms with Gasteiger partial charge in [-0.2, -0.15) is 5.26 Å². The van der Waals surface area contributed by atoms with Gasteiger partial charge in [0.1, 0.15) is 17.1 Å². The average molecular weight is 514 g/mol. The Balaban J connectivity index is 1.53. The number of hydrogen-bond donors (Lipinski definition) is 3. The predicted octanol–water partition coefficient (Wildman–Crippen LogP) is 6.30. The Morgan fingerprint density at radius 1 is 1.24 bits per heavy atom. The number of H-pyrrole nitrogens is 1. The number of nitriles is 1. The van der Waals surface area contributed by atoms with Gasteiger partial charge in [0.2, 0.25) is 6.41 Å². The van der Waals surface area contributed by atoms with Crippen LogP contribution < -0.4 is 15.4 Å². The van der Waals surface area contributed by atoms with Crippen LogP contribution in [-0.4, -0.2) is 27.7 Å². The van der Waals surface area contributed by atoms with Crippen LogP contribution in [-0.2, 0) is 4.79 Å². The number of nitrogens with zero attached hydrogens (tertiary/aromatic N) is 2. The SMILES string of the molecule is CC1(Nc2c(NC=O)cnc3[nH]cc(C(=O)c4ccc(Oc5ccccc5)cc4Cl)c23)CCC(C#N)C1. The quantitative estimate of drug-likeness (QED) is 0.188. The molecule has 9 heteroatoms. The molecule has 2 heterocycles. The van der Waals surface area contributed by atoms with E-state index in [4.69, 9.17) is 16.3 Å². The van der Waals surface area contributed by atoms with Gasteiger partial charge in [-0.15, -0.1) is 0 Å². The number of hydrogen-bond acceptors (Lipinski definition) is 6. The first-order valence-corrected chi connectivity index (χ1v) is 12.2. The monoisotopic (exact) mass is 513 g/mol. The molecule has 1 aliphatic rings. The summed E-state index contributed by atoms with van der Waals surface area (Å²) in [6, 6.07) is 16.6. The summed E-state index contributed by atoms with van der Waals surface area (Å²) in [5.41, 5.74) is 1.77. The van der Waals surface area contributed by atoms with Crippen LogP contribution in [0.25, 0.3) is 11.0 Å². The average Bonchev–Trinajstić information content (AvgIpc) is 3.50. The molecule has 37 heavy (non-hydrogen) atoms. The molecule has 4 aromatic rings. The molecular formula is C28H24ClN5O3. The van der Waals surface area contributed by atoms with Crippen molar-refractivity contribution in [2.45, 2.75) is 31.7 Å². The number of carbonyl (C=O) groups excluding carboxylic acids is 2. The minimum Gasteiger partial charge on any atom is -0.457 e. The molecular weight excluding hydrogens is 490 g/mol. The van der Waals surface area contributed by atoms with Crippen molar-refractivity contribution in [3.63, 3.8) is 0 Å². The summed E-state index contributed by atoms with van der Waals surface area (Å²) in [5, 5.41) is 16.4. The van der Waals surface area contributed by atoms with Crippen LogP contribution in [0, 0.1) is 17.2 Å². The van der Waals surface area contributed by atoms with Crippen LogP contribution in [0.5, 0.6) is 11.5 Å². The van der Waals surface area contributed by atoms with E-state index in [0.29, 0.717) is 57.9 Å². The first kappa shape index (κ1) is 24.3. The summed E-state index contributed by atoms with van der Waals surface area (Å²) in [6.45, 7) is 2.04. The number of amides is 1. The van der Waals surface area contributed by atoms with Gasteiger partial charge in [0, 0.05) is 29.3 Å². The molecule has 1 amide bonds. The summed E-state index contributed by atoms with van der Waals surface area (Å²) >= 11 is 6.54. The van der Waals surface area contributed by atoms with E-state index >= 15 is 0 Å². The Labute approximate surface area is 218 Å². The summed E-state index contributed by atoms with van der Waals surface area (Å²) in [7, 11) is 0. The number of rotatable bonds is 8. The topological polar surface area (TPSA) is 120 Å². The smallest absolute Gasteiger partial charge is 0.211 e. The van der Waals surface area contributed by atoms with Crippen molar-refractivity contribution >= 4 is 46.2 Å². The van der Waals surface area contributed by atoms with Gasteiger partial charge in [-0.25, -0.2) is 4.98 Å². The number of ketones is 1. The second-order valence-electron chi connectivity index (χ2n) is 9.38. The number of halogens is 1. The maximum Gasteiger partial charge on any atom is 0.211 e. The van der Waals surface area contributed by atoms with E-state index in [2.05, 4.69) is 26.7 Å². The van der Waals surface area contributed by atoms with Crippen molar-refractivity contribution in [2.24, 2.45) is 5.92 Å². The van der Waals surface area contributed by atoms with E-state index in [-0.39, 0.29) is 22.3 Å². The lowest BCUT2D eigenvalue weighted by Crippen LogP contribution is -2.32. The van der Waals surface area contributed by atoms with Gasteiger partial charge >= 0.3 is 0 Å². The fourth-order valence-corrected chi connectivity index (χ4v) is 5.11. The maximum atomic E-state index is 13.7. The number of aromatic nitrogens is 2. The first-order valence-electron chi connectivity index (χ1n) is 11.9. The van der Waals surface area contributed by atoms with Crippen LogP contribution in [0.1, 0.15) is 42.1 Å². The molecule has 8 nitrogen and oxygen atoms in total. The third-order valence-corrected chi connectivity index (χ3v) is 6.99. The lowest BCUT2D eigenvalue weighted by molar-refractivity contribution is -0.105. The number of anilines is 2. The van der Waals surface area contributed by atoms with Crippen molar-refractivity contribution in [1.29, 1.82) is 5.26 Å². The van der Waals surface area contributed by atoms with Crippen molar-refractivity contribution in [3.05, 3.63) is 77.1 Å². The highest BCUT2D eigenvalue weighted by molar-refractivity contribution is 6.36. The van der Waals surface area contributed by atoms with Gasteiger partial charge in [-0.05, 0) is 50.5 Å². The van der Waals surface area contributed by atoms with Gasteiger partial charge in [-0.3, -0.25) is 9.59 Å². The standard InChI is InChI=1S/C28H24ClN5O3/c1-28(10-9-17(12-28)13-30)34-25-23(33-16-35)15-32-27-24(25)21(14-31-27)26(36)20-8-7-19(11-22(20)29)37-18-5-3-2-4-6-18/h2-8,11,14-17H,9-10,12H2,1H3,(H,33,35)(H2,31,32,34). The highest BCUT2D eigenvalue weighted by Crippen LogP contribution is 2.42. The lowest BCUT2D eigenvalue weighted by Gasteiger charge is -2.28. The summed E-state index contributed by atoms with van der Waals surface area (Å²) in [4.78, 5) is 32.5. The fourth-order valence-electron chi connectivity index (χ4n) is 4.86. The number of nitrogens with one attached hydrogen (secondary N) is 3. The van der Waals surface area contributed by atoms with Gasteiger partial charge in [-0.1, -0.05) is 29.8 Å². The zero-order valence-electron chi connectivity index (χ0n) is 20.0. The van der Waals surface area contributed by atoms with E-state index in [1.54, 1.807) is 24.4 Å². The second kappa shape index (κ2) is 9.96. The molecule has 2 aromatic heterocycles. The second-order valence-corrected chi connectivity index (χ2v) is 9.78. The maximum absolute atomic E-state index is 13.7. The largest absolute Gasteiger partial charge is 0.457 e. The molecule has 0 aliphatic heterocycles. The molecule has 0 bridgehead atoms. The molecule has 2 aromatic carbocycles. The Kier molecular flexibility index (Phi) is 6.55. The predicted molar refractivity (Wildman–Crippen MR) is 142 cm³/mol. The lowest BCUT2D eigenvalue weighted by atomic mass is 9.96. The molecule has 3 N–H and O–H groups in total. The summed E-state index contributed by atoms with van der Waals surface area (Å²) in [5.74, 6) is 0.807. The number of ether oxygens (including phenoxy) is 1. The van der Waals surface area contributed by atoms with E-state index in [1.807, 2.05) is 37.3 Å². The van der Waals surface area contributed by atoms with Crippen LogP contribution in [0.3, 0.4) is 0 Å². The van der Waals surface area contributed by atoms with Crippen LogP contribution in [0.15, 0.2) is 60.9 Å². The third-order valence-electron chi connectivity index (χ3n) is 6.68. The van der Waals surface area contributed by atoms with E-state index in [1.165, 1.54) is 6.20 Å². The molecule has 2 unspecified atom stereocenters. The zero-order valence-corrected chi connectivity index (χ0v) is 20.8. The van der Waals surface area contributed by atoms with E-state index < -0.39 is 0 Å². The molecule has 5 rings (SSSR count). The molecule has 1 saturated carbocycles. The first-order chi connectivity index (χ1) is 17.9. The van der Waals surface area contributed by atoms with E-state index in [9.17, 15) is 14.9 Å². The number of benzene rings is 2. The van der Waals surface area contributed by atoms with Crippen LogP contribution in [0.2, 0.25) is 5.02 Å². The molecule has 0 spiro atoms. The van der Waals surface area contributed by atoms with Gasteiger partial charge < -0.3 is 20.4 Å². The zero-order chi connectivity index (χ0) is 26.0. The molecule has 0 saturated heterocycles. The van der Waals surface area contributed by atoms with Gasteiger partial charge in [0.05, 0.1) is 39.6 Å². The van der Waals surface area contributed by atoms with Gasteiger partial charge in [0.15, 0.2) is 5.78 Å². The molecule has 1 fully saturated rings. The van der Waals surface area contributed by atoms with Crippen molar-refractivity contribution in [2.75, 3.05) is 10.6 Å². The Morgan fingerprint density at radius 3 is 2.76 bits per heavy atom. The Morgan fingerprint density at radius 2 is 2.05 bits per heavy atom. The fraction of sp³-hybridized carbons (Fsp3) is 0.214. The molecule has 0 radical (unpaired) electrons. The third kappa shape index (κ3) is 4.86. The highest BCUT2D eigenvalue weighted by Gasteiger charge is 2.36. The summed E-state index contributed by atoms with van der Waals surface area (Å²) < 4.78 is 5.83. The highest BCUT2D eigenvalue weighted by atomic mass is 35.5. The van der Waals surface area contributed by atoms with Gasteiger partial charge in [0.25, 0.3) is 0 Å². The molecule has 1 aliphatic carbocycles. The minimum atomic E-state index is -0.389. The molecule has 2 atom stereocenters. The van der Waals surface area contributed by atoms with Crippen molar-refractivity contribution in [1.82, 2.24) is 9.97 Å². The van der Waals surface area contributed by atoms with Crippen LogP contribution in [0.4, 0.5) is 11.4 Å². The number of fused-ring (bicyclic) bond motifs is 1. The normalized spacial score (nSPS) is 18.8. The van der Waals surface area contributed by atoms with Crippen molar-refractivity contribution in [3.8, 4) is 17.6 Å². The molecule has 186 valence electrons. The minimum absolute atomic E-state index is 0.0555. The Bertz CT molecular complexity index is 1530. The van der Waals surface area contributed by atoms with Crippen LogP contribution >= 0.6 is 11.6 Å². The number of pyridine rings is 1. The Hall–Kier alpha value is -4.35. The number of aromatic amines is 1. The summed E-state index contributed by atoms with van der Waals surface area (Å²) in [6.07, 6.45) is 5.90.